The lowest BCUT2D eigenvalue weighted by molar-refractivity contribution is 0.415. The Morgan fingerprint density at radius 2 is 2.00 bits per heavy atom. The van der Waals surface area contributed by atoms with E-state index in [9.17, 15) is 0 Å². The maximum Gasteiger partial charge on any atom is 0.142 e. The minimum absolute atomic E-state index is 0.749. The Bertz CT molecular complexity index is 992. The van der Waals surface area contributed by atoms with Gasteiger partial charge in [-0.25, -0.2) is 9.97 Å². The first-order valence-corrected chi connectivity index (χ1v) is 7.12. The highest BCUT2D eigenvalue weighted by Crippen LogP contribution is 2.19. The van der Waals surface area contributed by atoms with Crippen LogP contribution in [0.3, 0.4) is 0 Å². The second-order valence-corrected chi connectivity index (χ2v) is 5.30. The van der Waals surface area contributed by atoms with Gasteiger partial charge in [0.05, 0.1) is 11.4 Å². The minimum atomic E-state index is 0.749. The summed E-state index contributed by atoms with van der Waals surface area (Å²) in [5, 5.41) is 6.74. The smallest absolute Gasteiger partial charge is 0.142 e. The van der Waals surface area contributed by atoms with Gasteiger partial charge in [0.25, 0.3) is 0 Å². The van der Waals surface area contributed by atoms with Gasteiger partial charge in [-0.2, -0.15) is 0 Å². The molecule has 0 radical (unpaired) electrons. The number of nitrogens with one attached hydrogen (secondary N) is 1. The van der Waals surface area contributed by atoms with E-state index in [2.05, 4.69) is 26.7 Å². The van der Waals surface area contributed by atoms with Crippen LogP contribution in [-0.4, -0.2) is 20.1 Å². The Kier molecular flexibility index (Phi) is 3.41. The van der Waals surface area contributed by atoms with Crippen LogP contribution < -0.4 is 10.6 Å². The number of aromatic nitrogens is 4. The van der Waals surface area contributed by atoms with Crippen LogP contribution >= 0.6 is 0 Å². The molecule has 3 heterocycles. The number of fused-ring (bicyclic) bond motifs is 1. The SMILES string of the molecule is C=c1c(=CC(=CC)c2conc2C)[nH]c2nc(C)nc(C)c12. The van der Waals surface area contributed by atoms with Crippen molar-refractivity contribution in [2.24, 2.45) is 0 Å². The van der Waals surface area contributed by atoms with E-state index < -0.39 is 0 Å². The van der Waals surface area contributed by atoms with Crippen LogP contribution in [0.25, 0.3) is 29.3 Å². The highest BCUT2D eigenvalue weighted by atomic mass is 16.5. The molecule has 5 heteroatoms. The molecule has 0 aliphatic heterocycles. The van der Waals surface area contributed by atoms with Crippen molar-refractivity contribution >= 4 is 29.3 Å². The topological polar surface area (TPSA) is 67.6 Å². The third kappa shape index (κ3) is 2.24. The van der Waals surface area contributed by atoms with Gasteiger partial charge in [0.15, 0.2) is 0 Å². The van der Waals surface area contributed by atoms with Crippen molar-refractivity contribution in [2.45, 2.75) is 27.7 Å². The van der Waals surface area contributed by atoms with E-state index in [1.54, 1.807) is 6.26 Å². The van der Waals surface area contributed by atoms with Gasteiger partial charge < -0.3 is 9.51 Å². The Balaban J connectivity index is 2.26. The molecule has 0 amide bonds. The van der Waals surface area contributed by atoms with Crippen molar-refractivity contribution < 1.29 is 4.52 Å². The second-order valence-electron chi connectivity index (χ2n) is 5.30. The molecule has 5 nitrogen and oxygen atoms in total. The van der Waals surface area contributed by atoms with Crippen LogP contribution in [0.1, 0.15) is 29.7 Å². The molecular weight excluding hydrogens is 276 g/mol. The molecule has 0 aliphatic carbocycles. The number of H-pyrrole nitrogens is 1. The van der Waals surface area contributed by atoms with E-state index in [0.29, 0.717) is 0 Å². The molecule has 22 heavy (non-hydrogen) atoms. The lowest BCUT2D eigenvalue weighted by Crippen LogP contribution is -2.21. The summed E-state index contributed by atoms with van der Waals surface area (Å²) in [5.74, 6) is 0.749. The molecule has 0 saturated carbocycles. The maximum atomic E-state index is 5.03. The van der Waals surface area contributed by atoms with Gasteiger partial charge in [-0.1, -0.05) is 17.8 Å². The first-order chi connectivity index (χ1) is 10.5. The fraction of sp³-hybridized carbons (Fsp3) is 0.235. The quantitative estimate of drug-likeness (QED) is 0.786. The van der Waals surface area contributed by atoms with Crippen molar-refractivity contribution in [3.05, 3.63) is 45.7 Å². The zero-order valence-electron chi connectivity index (χ0n) is 13.2. The van der Waals surface area contributed by atoms with Crippen LogP contribution in [0.4, 0.5) is 0 Å². The summed E-state index contributed by atoms with van der Waals surface area (Å²) in [6.07, 6.45) is 5.72. The van der Waals surface area contributed by atoms with E-state index in [4.69, 9.17) is 4.52 Å². The first kappa shape index (κ1) is 14.3. The molecule has 3 aromatic rings. The van der Waals surface area contributed by atoms with Gasteiger partial charge in [-0.15, -0.1) is 0 Å². The van der Waals surface area contributed by atoms with Crippen molar-refractivity contribution in [1.29, 1.82) is 0 Å². The van der Waals surface area contributed by atoms with Crippen molar-refractivity contribution in [3.63, 3.8) is 0 Å². The van der Waals surface area contributed by atoms with Crippen LogP contribution in [0.15, 0.2) is 16.9 Å². The molecule has 0 bridgehead atoms. The largest absolute Gasteiger partial charge is 0.364 e. The zero-order valence-corrected chi connectivity index (χ0v) is 13.2. The number of aryl methyl sites for hydroxylation is 3. The van der Waals surface area contributed by atoms with Gasteiger partial charge in [0.1, 0.15) is 17.7 Å². The molecule has 0 fully saturated rings. The summed E-state index contributed by atoms with van der Waals surface area (Å²) in [5.41, 5.74) is 4.61. The maximum absolute atomic E-state index is 5.03. The third-order valence-corrected chi connectivity index (χ3v) is 3.75. The summed E-state index contributed by atoms with van der Waals surface area (Å²) in [7, 11) is 0. The van der Waals surface area contributed by atoms with Crippen LogP contribution in [-0.2, 0) is 0 Å². The number of nitrogens with zero attached hydrogens (tertiary/aromatic N) is 3. The van der Waals surface area contributed by atoms with Crippen LogP contribution in [0, 0.1) is 20.8 Å². The Labute approximate surface area is 128 Å². The highest BCUT2D eigenvalue weighted by molar-refractivity contribution is 5.90. The normalized spacial score (nSPS) is 13.3. The van der Waals surface area contributed by atoms with Crippen molar-refractivity contribution in [3.8, 4) is 0 Å². The fourth-order valence-electron chi connectivity index (χ4n) is 2.67. The molecule has 0 unspecified atom stereocenters. The molecule has 0 atom stereocenters. The van der Waals surface area contributed by atoms with E-state index >= 15 is 0 Å². The summed E-state index contributed by atoms with van der Waals surface area (Å²) in [4.78, 5) is 12.2. The summed E-state index contributed by atoms with van der Waals surface area (Å²) >= 11 is 0. The highest BCUT2D eigenvalue weighted by Gasteiger charge is 2.09. The van der Waals surface area contributed by atoms with E-state index in [0.717, 1.165) is 49.9 Å². The first-order valence-electron chi connectivity index (χ1n) is 7.12. The molecule has 0 spiro atoms. The predicted molar refractivity (Wildman–Crippen MR) is 87.5 cm³/mol. The Morgan fingerprint density at radius 1 is 1.23 bits per heavy atom. The lowest BCUT2D eigenvalue weighted by Gasteiger charge is -1.96. The Hall–Kier alpha value is -2.69. The van der Waals surface area contributed by atoms with Gasteiger partial charge in [-0.05, 0) is 39.3 Å². The van der Waals surface area contributed by atoms with Gasteiger partial charge in [0, 0.05) is 21.5 Å². The molecule has 112 valence electrons. The monoisotopic (exact) mass is 294 g/mol. The average Bonchev–Trinajstić information content (AvgIpc) is 3.00. The molecule has 3 aromatic heterocycles. The average molecular weight is 294 g/mol. The molecule has 0 saturated heterocycles. The van der Waals surface area contributed by atoms with Crippen molar-refractivity contribution in [1.82, 2.24) is 20.1 Å². The molecule has 1 N–H and O–H groups in total. The number of rotatable bonds is 2. The fourth-order valence-corrected chi connectivity index (χ4v) is 2.67. The summed E-state index contributed by atoms with van der Waals surface area (Å²) in [6, 6.07) is 0. The summed E-state index contributed by atoms with van der Waals surface area (Å²) in [6.45, 7) is 12.0. The predicted octanol–water partition coefficient (Wildman–Crippen LogP) is 2.17. The lowest BCUT2D eigenvalue weighted by atomic mass is 10.1. The number of hydrogen-bond donors (Lipinski definition) is 1. The minimum Gasteiger partial charge on any atom is -0.364 e. The number of allylic oxidation sites excluding steroid dienone is 2. The van der Waals surface area contributed by atoms with Gasteiger partial charge in [-0.3, -0.25) is 0 Å². The summed E-state index contributed by atoms with van der Waals surface area (Å²) < 4.78 is 5.03. The molecular formula is C17H18N4O. The van der Waals surface area contributed by atoms with Crippen LogP contribution in [0.5, 0.6) is 0 Å². The van der Waals surface area contributed by atoms with Gasteiger partial charge >= 0.3 is 0 Å². The number of hydrogen-bond acceptors (Lipinski definition) is 4. The van der Waals surface area contributed by atoms with E-state index in [1.165, 1.54) is 0 Å². The third-order valence-electron chi connectivity index (χ3n) is 3.75. The van der Waals surface area contributed by atoms with Crippen LogP contribution in [0.2, 0.25) is 0 Å². The standard InChI is InChI=1S/C17H18N4O/c1-6-13(14-8-22-21-10(14)3)7-15-9(2)16-11(4)18-12(5)19-17(16)20-15/h6-8H,2H2,1,3-5H3,(H,18,19,20). The molecule has 3 rings (SSSR count). The molecule has 0 aromatic carbocycles. The number of aromatic amines is 1. The van der Waals surface area contributed by atoms with E-state index in [1.807, 2.05) is 39.8 Å². The molecule has 0 aliphatic rings. The second kappa shape index (κ2) is 5.26. The van der Waals surface area contributed by atoms with Gasteiger partial charge in [0.2, 0.25) is 0 Å². The van der Waals surface area contributed by atoms with E-state index in [-0.39, 0.29) is 0 Å². The van der Waals surface area contributed by atoms with Crippen molar-refractivity contribution in [2.75, 3.05) is 0 Å². The Morgan fingerprint density at radius 3 is 2.64 bits per heavy atom. The zero-order chi connectivity index (χ0) is 15.9.